The van der Waals surface area contributed by atoms with Crippen molar-refractivity contribution in [2.45, 2.75) is 26.1 Å². The van der Waals surface area contributed by atoms with Crippen LogP contribution in [0.25, 0.3) is 0 Å². The summed E-state index contributed by atoms with van der Waals surface area (Å²) >= 11 is 7.57. The van der Waals surface area contributed by atoms with Crippen LogP contribution in [-0.2, 0) is 13.1 Å². The molecule has 2 nitrogen and oxygen atoms in total. The number of nitrogens with one attached hydrogen (secondary N) is 1. The first-order valence-corrected chi connectivity index (χ1v) is 8.01. The zero-order chi connectivity index (χ0) is 14.5. The topological polar surface area (TPSA) is 15.3 Å². The van der Waals surface area contributed by atoms with E-state index in [4.69, 9.17) is 11.6 Å². The van der Waals surface area contributed by atoms with Gasteiger partial charge in [-0.2, -0.15) is 0 Å². The third-order valence-electron chi connectivity index (χ3n) is 3.29. The quantitative estimate of drug-likeness (QED) is 0.855. The molecule has 0 aliphatic heterocycles. The number of thiophene rings is 1. The van der Waals surface area contributed by atoms with Crippen molar-refractivity contribution in [2.75, 3.05) is 14.1 Å². The Balaban J connectivity index is 2.00. The van der Waals surface area contributed by atoms with Crippen molar-refractivity contribution in [1.29, 1.82) is 0 Å². The van der Waals surface area contributed by atoms with Gasteiger partial charge in [-0.25, -0.2) is 0 Å². The van der Waals surface area contributed by atoms with Gasteiger partial charge in [-0.05, 0) is 49.2 Å². The molecule has 1 N–H and O–H groups in total. The maximum Gasteiger partial charge on any atom is 0.0931 e. The van der Waals surface area contributed by atoms with Crippen LogP contribution in [0.15, 0.2) is 35.7 Å². The molecule has 108 valence electrons. The summed E-state index contributed by atoms with van der Waals surface area (Å²) in [6.07, 6.45) is 0. The molecule has 0 saturated heterocycles. The highest BCUT2D eigenvalue weighted by Crippen LogP contribution is 2.25. The summed E-state index contributed by atoms with van der Waals surface area (Å²) in [6.45, 7) is 4.02. The van der Waals surface area contributed by atoms with Crippen molar-refractivity contribution in [3.8, 4) is 0 Å². The van der Waals surface area contributed by atoms with Gasteiger partial charge in [-0.15, -0.1) is 11.3 Å². The minimum Gasteiger partial charge on any atom is -0.306 e. The molecule has 20 heavy (non-hydrogen) atoms. The fourth-order valence-electron chi connectivity index (χ4n) is 2.16. The fourth-order valence-corrected chi connectivity index (χ4v) is 3.14. The van der Waals surface area contributed by atoms with E-state index in [-0.39, 0.29) is 0 Å². The number of halogens is 1. The summed E-state index contributed by atoms with van der Waals surface area (Å²) in [7, 11) is 4.19. The molecule has 2 aromatic rings. The highest BCUT2D eigenvalue weighted by molar-refractivity contribution is 7.14. The Hall–Kier alpha value is -0.870. The number of hydrogen-bond donors (Lipinski definition) is 1. The average molecular weight is 309 g/mol. The zero-order valence-electron chi connectivity index (χ0n) is 12.2. The Morgan fingerprint density at radius 1 is 1.25 bits per heavy atom. The lowest BCUT2D eigenvalue weighted by Gasteiger charge is -2.17. The predicted octanol–water partition coefficient (Wildman–Crippen LogP) is 4.31. The van der Waals surface area contributed by atoms with Crippen LogP contribution < -0.4 is 5.32 Å². The highest BCUT2D eigenvalue weighted by Gasteiger charge is 2.09. The molecule has 0 radical (unpaired) electrons. The molecule has 4 heteroatoms. The average Bonchev–Trinajstić information content (AvgIpc) is 2.83. The van der Waals surface area contributed by atoms with Gasteiger partial charge in [0.1, 0.15) is 0 Å². The maximum atomic E-state index is 5.99. The fraction of sp³-hybridized carbons (Fsp3) is 0.375. The van der Waals surface area contributed by atoms with Gasteiger partial charge in [-0.1, -0.05) is 35.9 Å². The molecular weight excluding hydrogens is 288 g/mol. The minimum atomic E-state index is 0.311. The normalized spacial score (nSPS) is 12.8. The Morgan fingerprint density at radius 3 is 2.55 bits per heavy atom. The Kier molecular flexibility index (Phi) is 5.61. The number of nitrogens with zero attached hydrogens (tertiary/aromatic N) is 1. The second-order valence-corrected chi connectivity index (χ2v) is 6.84. The summed E-state index contributed by atoms with van der Waals surface area (Å²) in [4.78, 5) is 2.20. The number of hydrogen-bond acceptors (Lipinski definition) is 3. The molecule has 0 bridgehead atoms. The monoisotopic (exact) mass is 308 g/mol. The Bertz CT molecular complexity index is 551. The third kappa shape index (κ3) is 4.32. The van der Waals surface area contributed by atoms with Crippen LogP contribution in [-0.4, -0.2) is 19.0 Å². The summed E-state index contributed by atoms with van der Waals surface area (Å²) in [5.74, 6) is 0. The van der Waals surface area contributed by atoms with E-state index in [2.05, 4.69) is 60.9 Å². The number of rotatable bonds is 6. The lowest BCUT2D eigenvalue weighted by Crippen LogP contribution is -2.20. The maximum absolute atomic E-state index is 5.99. The molecule has 1 aromatic heterocycles. The second kappa shape index (κ2) is 7.23. The van der Waals surface area contributed by atoms with E-state index in [1.54, 1.807) is 11.3 Å². The third-order valence-corrected chi connectivity index (χ3v) is 4.40. The molecule has 1 unspecified atom stereocenters. The molecule has 1 aromatic carbocycles. The van der Waals surface area contributed by atoms with Gasteiger partial charge in [0.2, 0.25) is 0 Å². The molecule has 1 atom stereocenters. The minimum absolute atomic E-state index is 0.311. The first-order chi connectivity index (χ1) is 9.56. The molecule has 1 heterocycles. The van der Waals surface area contributed by atoms with Crippen LogP contribution >= 0.6 is 22.9 Å². The number of benzene rings is 1. The van der Waals surface area contributed by atoms with Crippen LogP contribution in [0.5, 0.6) is 0 Å². The predicted molar refractivity (Wildman–Crippen MR) is 88.4 cm³/mol. The van der Waals surface area contributed by atoms with Crippen LogP contribution in [0, 0.1) is 0 Å². The largest absolute Gasteiger partial charge is 0.306 e. The van der Waals surface area contributed by atoms with E-state index in [1.807, 2.05) is 6.07 Å². The first kappa shape index (κ1) is 15.5. The van der Waals surface area contributed by atoms with E-state index < -0.39 is 0 Å². The van der Waals surface area contributed by atoms with Crippen LogP contribution in [0.2, 0.25) is 4.34 Å². The van der Waals surface area contributed by atoms with Gasteiger partial charge < -0.3 is 10.2 Å². The van der Waals surface area contributed by atoms with Crippen molar-refractivity contribution in [2.24, 2.45) is 0 Å². The van der Waals surface area contributed by atoms with Crippen LogP contribution in [0.4, 0.5) is 0 Å². The second-order valence-electron chi connectivity index (χ2n) is 5.29. The molecule has 0 aliphatic carbocycles. The van der Waals surface area contributed by atoms with Gasteiger partial charge in [0, 0.05) is 19.1 Å². The first-order valence-electron chi connectivity index (χ1n) is 6.75. The highest BCUT2D eigenvalue weighted by atomic mass is 35.5. The molecule has 2 rings (SSSR count). The lowest BCUT2D eigenvalue weighted by molar-refractivity contribution is 0.400. The van der Waals surface area contributed by atoms with E-state index in [9.17, 15) is 0 Å². The van der Waals surface area contributed by atoms with E-state index >= 15 is 0 Å². The van der Waals surface area contributed by atoms with Crippen molar-refractivity contribution in [1.82, 2.24) is 10.2 Å². The van der Waals surface area contributed by atoms with Crippen LogP contribution in [0.3, 0.4) is 0 Å². The molecule has 0 spiro atoms. The van der Waals surface area contributed by atoms with E-state index in [0.717, 1.165) is 17.4 Å². The summed E-state index contributed by atoms with van der Waals surface area (Å²) in [5, 5.41) is 5.69. The standard InChI is InChI=1S/C16H21ClN2S/c1-12(15-8-16(17)20-11-15)18-9-13-6-4-5-7-14(13)10-19(2)3/h4-8,11-12,18H,9-10H2,1-3H3. The van der Waals surface area contributed by atoms with Gasteiger partial charge in [-0.3, -0.25) is 0 Å². The lowest BCUT2D eigenvalue weighted by atomic mass is 10.1. The molecule has 0 fully saturated rings. The SMILES string of the molecule is CC(NCc1ccccc1CN(C)C)c1csc(Cl)c1. The smallest absolute Gasteiger partial charge is 0.0931 e. The Labute approximate surface area is 130 Å². The van der Waals surface area contributed by atoms with Gasteiger partial charge >= 0.3 is 0 Å². The molecular formula is C16H21ClN2S. The van der Waals surface area contributed by atoms with Crippen molar-refractivity contribution < 1.29 is 0 Å². The van der Waals surface area contributed by atoms with Gasteiger partial charge in [0.05, 0.1) is 4.34 Å². The van der Waals surface area contributed by atoms with Crippen molar-refractivity contribution in [3.63, 3.8) is 0 Å². The van der Waals surface area contributed by atoms with Crippen molar-refractivity contribution >= 4 is 22.9 Å². The van der Waals surface area contributed by atoms with E-state index in [1.165, 1.54) is 16.7 Å². The zero-order valence-corrected chi connectivity index (χ0v) is 13.8. The summed E-state index contributed by atoms with van der Waals surface area (Å²) < 4.78 is 0.849. The van der Waals surface area contributed by atoms with Gasteiger partial charge in [0.25, 0.3) is 0 Å². The summed E-state index contributed by atoms with van der Waals surface area (Å²) in [5.41, 5.74) is 3.99. The van der Waals surface area contributed by atoms with Crippen molar-refractivity contribution in [3.05, 3.63) is 56.7 Å². The van der Waals surface area contributed by atoms with Crippen LogP contribution in [0.1, 0.15) is 29.7 Å². The van der Waals surface area contributed by atoms with Gasteiger partial charge in [0.15, 0.2) is 0 Å². The summed E-state index contributed by atoms with van der Waals surface area (Å²) in [6, 6.07) is 10.9. The molecule has 0 saturated carbocycles. The Morgan fingerprint density at radius 2 is 1.95 bits per heavy atom. The van der Waals surface area contributed by atoms with E-state index in [0.29, 0.717) is 6.04 Å². The molecule has 0 amide bonds. The molecule has 0 aliphatic rings.